The molecule has 0 aliphatic carbocycles. The maximum absolute atomic E-state index is 13.4. The standard InChI is InChI=1S/C15H18FN.ClH/c16-15-4-2-1-3-12(15)6-5-11-9-13-7-8-14(10-11)17-13;/h1-6,11,13-14,17H,7-10H2;1H/b6-5+;/t11-,13+,14-;. The molecule has 2 bridgehead atoms. The minimum absolute atomic E-state index is 0. The van der Waals surface area contributed by atoms with Crippen LogP contribution < -0.4 is 5.32 Å². The van der Waals surface area contributed by atoms with Gasteiger partial charge in [-0.05, 0) is 37.7 Å². The third-order valence-electron chi connectivity index (χ3n) is 3.96. The molecule has 2 saturated heterocycles. The van der Waals surface area contributed by atoms with Gasteiger partial charge >= 0.3 is 0 Å². The predicted octanol–water partition coefficient (Wildman–Crippen LogP) is 3.79. The summed E-state index contributed by atoms with van der Waals surface area (Å²) < 4.78 is 13.4. The van der Waals surface area contributed by atoms with Crippen LogP contribution in [0, 0.1) is 11.7 Å². The Kier molecular flexibility index (Phi) is 4.41. The summed E-state index contributed by atoms with van der Waals surface area (Å²) in [5.74, 6) is 0.494. The van der Waals surface area contributed by atoms with Gasteiger partial charge in [0, 0.05) is 17.6 Å². The first-order valence-corrected chi connectivity index (χ1v) is 6.50. The summed E-state index contributed by atoms with van der Waals surface area (Å²) in [5.41, 5.74) is 0.707. The summed E-state index contributed by atoms with van der Waals surface area (Å²) in [7, 11) is 0. The fourth-order valence-electron chi connectivity index (χ4n) is 3.11. The highest BCUT2D eigenvalue weighted by molar-refractivity contribution is 5.85. The lowest BCUT2D eigenvalue weighted by Gasteiger charge is -2.26. The summed E-state index contributed by atoms with van der Waals surface area (Å²) in [6.45, 7) is 0. The van der Waals surface area contributed by atoms with Gasteiger partial charge in [0.15, 0.2) is 0 Å². The first-order chi connectivity index (χ1) is 8.31. The van der Waals surface area contributed by atoms with Crippen molar-refractivity contribution in [3.05, 3.63) is 41.7 Å². The molecule has 3 heteroatoms. The number of hydrogen-bond donors (Lipinski definition) is 1. The average molecular weight is 268 g/mol. The quantitative estimate of drug-likeness (QED) is 0.860. The van der Waals surface area contributed by atoms with Crippen molar-refractivity contribution < 1.29 is 4.39 Å². The molecule has 2 aliphatic heterocycles. The van der Waals surface area contributed by atoms with E-state index in [-0.39, 0.29) is 18.2 Å². The van der Waals surface area contributed by atoms with Crippen LogP contribution in [-0.4, -0.2) is 12.1 Å². The van der Waals surface area contributed by atoms with Gasteiger partial charge in [0.25, 0.3) is 0 Å². The van der Waals surface area contributed by atoms with Crippen LogP contribution in [0.1, 0.15) is 31.2 Å². The van der Waals surface area contributed by atoms with Gasteiger partial charge in [-0.15, -0.1) is 12.4 Å². The molecule has 3 atom stereocenters. The Morgan fingerprint density at radius 1 is 1.11 bits per heavy atom. The van der Waals surface area contributed by atoms with Crippen LogP contribution in [0.2, 0.25) is 0 Å². The predicted molar refractivity (Wildman–Crippen MR) is 75.4 cm³/mol. The fraction of sp³-hybridized carbons (Fsp3) is 0.467. The highest BCUT2D eigenvalue weighted by Crippen LogP contribution is 2.31. The van der Waals surface area contributed by atoms with E-state index in [1.54, 1.807) is 6.07 Å². The van der Waals surface area contributed by atoms with Crippen LogP contribution in [-0.2, 0) is 0 Å². The smallest absolute Gasteiger partial charge is 0.130 e. The third kappa shape index (κ3) is 2.93. The number of allylic oxidation sites excluding steroid dienone is 1. The molecule has 0 radical (unpaired) electrons. The summed E-state index contributed by atoms with van der Waals surface area (Å²) in [4.78, 5) is 0. The second-order valence-electron chi connectivity index (χ2n) is 5.25. The summed E-state index contributed by atoms with van der Waals surface area (Å²) in [5, 5.41) is 3.62. The zero-order valence-electron chi connectivity index (χ0n) is 10.3. The van der Waals surface area contributed by atoms with Gasteiger partial charge in [0.2, 0.25) is 0 Å². The van der Waals surface area contributed by atoms with Crippen molar-refractivity contribution in [2.45, 2.75) is 37.8 Å². The number of halogens is 2. The van der Waals surface area contributed by atoms with Crippen LogP contribution in [0.3, 0.4) is 0 Å². The fourth-order valence-corrected chi connectivity index (χ4v) is 3.11. The van der Waals surface area contributed by atoms with E-state index in [0.29, 0.717) is 23.6 Å². The van der Waals surface area contributed by atoms with Crippen LogP contribution in [0.25, 0.3) is 6.08 Å². The van der Waals surface area contributed by atoms with E-state index < -0.39 is 0 Å². The van der Waals surface area contributed by atoms with Gasteiger partial charge in [-0.2, -0.15) is 0 Å². The minimum Gasteiger partial charge on any atom is -0.311 e. The number of nitrogens with one attached hydrogen (secondary N) is 1. The monoisotopic (exact) mass is 267 g/mol. The van der Waals surface area contributed by atoms with Gasteiger partial charge in [-0.25, -0.2) is 4.39 Å². The second kappa shape index (κ2) is 5.85. The first kappa shape index (κ1) is 13.6. The summed E-state index contributed by atoms with van der Waals surface area (Å²) in [6, 6.07) is 8.37. The van der Waals surface area contributed by atoms with Crippen molar-refractivity contribution in [3.63, 3.8) is 0 Å². The van der Waals surface area contributed by atoms with Crippen molar-refractivity contribution in [1.29, 1.82) is 0 Å². The number of hydrogen-bond acceptors (Lipinski definition) is 1. The molecule has 1 nitrogen and oxygen atoms in total. The van der Waals surface area contributed by atoms with Crippen molar-refractivity contribution in [2.24, 2.45) is 5.92 Å². The Morgan fingerprint density at radius 2 is 1.78 bits per heavy atom. The van der Waals surface area contributed by atoms with E-state index in [9.17, 15) is 4.39 Å². The van der Waals surface area contributed by atoms with Gasteiger partial charge < -0.3 is 5.32 Å². The van der Waals surface area contributed by atoms with Gasteiger partial charge in [-0.3, -0.25) is 0 Å². The Labute approximate surface area is 114 Å². The Morgan fingerprint density at radius 3 is 2.44 bits per heavy atom. The zero-order chi connectivity index (χ0) is 11.7. The van der Waals surface area contributed by atoms with E-state index in [4.69, 9.17) is 0 Å². The first-order valence-electron chi connectivity index (χ1n) is 6.50. The molecular weight excluding hydrogens is 249 g/mol. The van der Waals surface area contributed by atoms with Crippen molar-refractivity contribution in [1.82, 2.24) is 5.32 Å². The molecule has 1 N–H and O–H groups in total. The SMILES string of the molecule is Cl.Fc1ccccc1/C=C/[C@H]1C[C@H]2CC[C@@H](C1)N2. The van der Waals surface area contributed by atoms with E-state index in [1.807, 2.05) is 18.2 Å². The van der Waals surface area contributed by atoms with Gasteiger partial charge in [-0.1, -0.05) is 30.4 Å². The highest BCUT2D eigenvalue weighted by Gasteiger charge is 2.32. The normalized spacial score (nSPS) is 30.4. The maximum atomic E-state index is 13.4. The summed E-state index contributed by atoms with van der Waals surface area (Å²) >= 11 is 0. The van der Waals surface area contributed by atoms with Crippen LogP contribution in [0.5, 0.6) is 0 Å². The van der Waals surface area contributed by atoms with E-state index in [2.05, 4.69) is 11.4 Å². The van der Waals surface area contributed by atoms with Gasteiger partial charge in [0.05, 0.1) is 0 Å². The number of piperidine rings is 1. The average Bonchev–Trinajstić information content (AvgIpc) is 2.68. The molecule has 98 valence electrons. The third-order valence-corrected chi connectivity index (χ3v) is 3.96. The molecule has 0 aromatic heterocycles. The molecule has 3 rings (SSSR count). The minimum atomic E-state index is -0.124. The highest BCUT2D eigenvalue weighted by atomic mass is 35.5. The lowest BCUT2D eigenvalue weighted by atomic mass is 9.91. The van der Waals surface area contributed by atoms with E-state index in [0.717, 1.165) is 0 Å². The molecule has 0 unspecified atom stereocenters. The Hall–Kier alpha value is -0.860. The van der Waals surface area contributed by atoms with Gasteiger partial charge in [0.1, 0.15) is 5.82 Å². The maximum Gasteiger partial charge on any atom is 0.130 e. The molecule has 0 saturated carbocycles. The number of rotatable bonds is 2. The molecule has 1 aromatic rings. The topological polar surface area (TPSA) is 12.0 Å². The Bertz CT molecular complexity index is 420. The molecule has 1 aromatic carbocycles. The molecule has 0 amide bonds. The number of benzene rings is 1. The molecule has 2 aliphatic rings. The second-order valence-corrected chi connectivity index (χ2v) is 5.25. The van der Waals surface area contributed by atoms with Crippen molar-refractivity contribution in [3.8, 4) is 0 Å². The molecule has 2 heterocycles. The van der Waals surface area contributed by atoms with Crippen LogP contribution in [0.4, 0.5) is 4.39 Å². The lowest BCUT2D eigenvalue weighted by molar-refractivity contribution is 0.345. The van der Waals surface area contributed by atoms with Crippen molar-refractivity contribution in [2.75, 3.05) is 0 Å². The lowest BCUT2D eigenvalue weighted by Crippen LogP contribution is -2.37. The van der Waals surface area contributed by atoms with E-state index >= 15 is 0 Å². The van der Waals surface area contributed by atoms with Crippen molar-refractivity contribution >= 4 is 18.5 Å². The largest absolute Gasteiger partial charge is 0.311 e. The number of fused-ring (bicyclic) bond motifs is 2. The van der Waals surface area contributed by atoms with E-state index in [1.165, 1.54) is 31.7 Å². The molecule has 18 heavy (non-hydrogen) atoms. The molecule has 0 spiro atoms. The van der Waals surface area contributed by atoms with Crippen LogP contribution in [0.15, 0.2) is 30.3 Å². The molecular formula is C15H19ClFN. The zero-order valence-corrected chi connectivity index (χ0v) is 11.1. The molecule has 2 fully saturated rings. The Balaban J connectivity index is 0.00000120. The van der Waals surface area contributed by atoms with Crippen LogP contribution >= 0.6 is 12.4 Å². The summed E-state index contributed by atoms with van der Waals surface area (Å²) in [6.07, 6.45) is 9.20.